The Hall–Kier alpha value is -1.44. The van der Waals surface area contributed by atoms with E-state index in [2.05, 4.69) is 15.3 Å². The zero-order valence-corrected chi connectivity index (χ0v) is 12.8. The monoisotopic (exact) mass is 332 g/mol. The van der Waals surface area contributed by atoms with Crippen LogP contribution in [0.3, 0.4) is 0 Å². The van der Waals surface area contributed by atoms with Gasteiger partial charge in [0.05, 0.1) is 11.2 Å². The van der Waals surface area contributed by atoms with Gasteiger partial charge in [0.25, 0.3) is 0 Å². The Morgan fingerprint density at radius 2 is 2.00 bits per heavy atom. The van der Waals surface area contributed by atoms with E-state index < -0.39 is 0 Å². The Morgan fingerprint density at radius 3 is 2.65 bits per heavy atom. The van der Waals surface area contributed by atoms with E-state index in [1.807, 2.05) is 6.26 Å². The van der Waals surface area contributed by atoms with Gasteiger partial charge in [-0.05, 0) is 19.2 Å². The van der Waals surface area contributed by atoms with Crippen LogP contribution in [0.2, 0.25) is 10.0 Å². The minimum absolute atomic E-state index is 0.0276. The molecule has 2 N–H and O–H groups in total. The molecule has 0 unspecified atom stereocenters. The highest BCUT2D eigenvalue weighted by Crippen LogP contribution is 2.40. The van der Waals surface area contributed by atoms with E-state index in [9.17, 15) is 10.2 Å². The van der Waals surface area contributed by atoms with E-state index in [-0.39, 0.29) is 27.1 Å². The maximum absolute atomic E-state index is 9.84. The van der Waals surface area contributed by atoms with Gasteiger partial charge in [0.1, 0.15) is 10.8 Å². The summed E-state index contributed by atoms with van der Waals surface area (Å²) in [5, 5.41) is 31.7. The summed E-state index contributed by atoms with van der Waals surface area (Å²) in [6, 6.07) is 1.36. The largest absolute Gasteiger partial charge is 0.506 e. The zero-order chi connectivity index (χ0) is 14.9. The minimum Gasteiger partial charge on any atom is -0.506 e. The molecule has 1 aromatic carbocycles. The molecule has 0 radical (unpaired) electrons. The van der Waals surface area contributed by atoms with Crippen LogP contribution in [-0.2, 0) is 0 Å². The fraction of sp³-hybridized carbons (Fsp3) is 0.182. The molecular formula is C11H10Cl2N4O2S. The van der Waals surface area contributed by atoms with Gasteiger partial charge in [0.2, 0.25) is 5.16 Å². The molecule has 1 aromatic heterocycles. The van der Waals surface area contributed by atoms with Gasteiger partial charge in [-0.1, -0.05) is 35.0 Å². The van der Waals surface area contributed by atoms with Crippen molar-refractivity contribution < 1.29 is 10.2 Å². The van der Waals surface area contributed by atoms with Gasteiger partial charge in [-0.25, -0.2) is 0 Å². The standard InChI is InChI=1S/C11H10Cl2N4O2S/c1-5-15-16-11(20-2)17(5)14-4-6-3-7(12)10(19)8(13)9(6)18/h3-4,18-19H,1-2H3/b14-4-. The lowest BCUT2D eigenvalue weighted by atomic mass is 10.2. The molecule has 0 fully saturated rings. The highest BCUT2D eigenvalue weighted by Gasteiger charge is 2.14. The normalized spacial score (nSPS) is 11.4. The minimum atomic E-state index is -0.367. The van der Waals surface area contributed by atoms with Crippen molar-refractivity contribution in [3.8, 4) is 11.5 Å². The van der Waals surface area contributed by atoms with Gasteiger partial charge in [0, 0.05) is 5.56 Å². The fourth-order valence-electron chi connectivity index (χ4n) is 1.43. The van der Waals surface area contributed by atoms with E-state index >= 15 is 0 Å². The van der Waals surface area contributed by atoms with Crippen LogP contribution in [0.1, 0.15) is 11.4 Å². The number of aryl methyl sites for hydroxylation is 1. The molecule has 0 spiro atoms. The molecule has 20 heavy (non-hydrogen) atoms. The van der Waals surface area contributed by atoms with Gasteiger partial charge in [-0.2, -0.15) is 9.78 Å². The van der Waals surface area contributed by atoms with E-state index in [0.717, 1.165) is 0 Å². The van der Waals surface area contributed by atoms with Crippen molar-refractivity contribution in [3.63, 3.8) is 0 Å². The molecule has 0 aliphatic heterocycles. The topological polar surface area (TPSA) is 83.5 Å². The number of phenols is 2. The first-order valence-corrected chi connectivity index (χ1v) is 7.34. The van der Waals surface area contributed by atoms with E-state index in [1.165, 1.54) is 28.7 Å². The van der Waals surface area contributed by atoms with Crippen molar-refractivity contribution >= 4 is 41.2 Å². The second-order valence-electron chi connectivity index (χ2n) is 3.75. The molecule has 6 nitrogen and oxygen atoms in total. The number of benzene rings is 1. The third kappa shape index (κ3) is 2.70. The fourth-order valence-corrected chi connectivity index (χ4v) is 2.38. The average molecular weight is 333 g/mol. The number of thioether (sulfide) groups is 1. The molecule has 0 saturated heterocycles. The first-order chi connectivity index (χ1) is 9.45. The van der Waals surface area contributed by atoms with Gasteiger partial charge in [0.15, 0.2) is 11.6 Å². The average Bonchev–Trinajstić information content (AvgIpc) is 2.79. The van der Waals surface area contributed by atoms with Crippen LogP contribution in [0.5, 0.6) is 11.5 Å². The van der Waals surface area contributed by atoms with Crippen molar-refractivity contribution in [3.05, 3.63) is 27.5 Å². The van der Waals surface area contributed by atoms with Crippen molar-refractivity contribution in [2.75, 3.05) is 6.26 Å². The molecule has 0 amide bonds. The third-order valence-corrected chi connectivity index (χ3v) is 3.73. The Kier molecular flexibility index (Phi) is 4.42. The molecule has 0 atom stereocenters. The Labute approximate surface area is 129 Å². The summed E-state index contributed by atoms with van der Waals surface area (Å²) in [5.41, 5.74) is 0.276. The maximum atomic E-state index is 9.84. The van der Waals surface area contributed by atoms with Crippen LogP contribution >= 0.6 is 35.0 Å². The quantitative estimate of drug-likeness (QED) is 0.666. The summed E-state index contributed by atoms with van der Waals surface area (Å²) in [6.07, 6.45) is 3.21. The Balaban J connectivity index is 2.44. The first-order valence-electron chi connectivity index (χ1n) is 5.36. The van der Waals surface area contributed by atoms with E-state index in [4.69, 9.17) is 23.2 Å². The SMILES string of the molecule is CSc1nnc(C)n1/N=C\c1cc(Cl)c(O)c(Cl)c1O. The Morgan fingerprint density at radius 1 is 1.30 bits per heavy atom. The summed E-state index contributed by atoms with van der Waals surface area (Å²) < 4.78 is 1.51. The predicted octanol–water partition coefficient (Wildman–Crippen LogP) is 2.91. The third-order valence-electron chi connectivity index (χ3n) is 2.46. The number of nitrogens with zero attached hydrogens (tertiary/aromatic N) is 4. The molecular weight excluding hydrogens is 323 g/mol. The second-order valence-corrected chi connectivity index (χ2v) is 5.31. The maximum Gasteiger partial charge on any atom is 0.211 e. The van der Waals surface area contributed by atoms with Gasteiger partial charge in [-0.3, -0.25) is 0 Å². The molecule has 0 aliphatic rings. The molecule has 0 bridgehead atoms. The number of aromatic nitrogens is 3. The second kappa shape index (κ2) is 5.90. The highest BCUT2D eigenvalue weighted by molar-refractivity contribution is 7.98. The number of halogens is 2. The van der Waals surface area contributed by atoms with Crippen LogP contribution < -0.4 is 0 Å². The van der Waals surface area contributed by atoms with Gasteiger partial charge < -0.3 is 10.2 Å². The van der Waals surface area contributed by atoms with Crippen molar-refractivity contribution in [2.45, 2.75) is 12.1 Å². The number of aromatic hydroxyl groups is 2. The lowest BCUT2D eigenvalue weighted by Gasteiger charge is -2.06. The van der Waals surface area contributed by atoms with Crippen LogP contribution in [0.4, 0.5) is 0 Å². The summed E-state index contributed by atoms with van der Waals surface area (Å²) in [7, 11) is 0. The molecule has 106 valence electrons. The van der Waals surface area contributed by atoms with Crippen LogP contribution in [0.25, 0.3) is 0 Å². The van der Waals surface area contributed by atoms with E-state index in [0.29, 0.717) is 11.0 Å². The number of rotatable bonds is 3. The lowest BCUT2D eigenvalue weighted by molar-refractivity contribution is 0.450. The van der Waals surface area contributed by atoms with Crippen molar-refractivity contribution in [1.82, 2.24) is 14.9 Å². The molecule has 2 rings (SSSR count). The highest BCUT2D eigenvalue weighted by atomic mass is 35.5. The summed E-state index contributed by atoms with van der Waals surface area (Å²) in [4.78, 5) is 0. The lowest BCUT2D eigenvalue weighted by Crippen LogP contribution is -1.96. The molecule has 2 aromatic rings. The summed E-state index contributed by atoms with van der Waals surface area (Å²) in [6.45, 7) is 1.75. The number of hydrogen-bond donors (Lipinski definition) is 2. The van der Waals surface area contributed by atoms with Crippen LogP contribution in [0, 0.1) is 6.92 Å². The predicted molar refractivity (Wildman–Crippen MR) is 79.3 cm³/mol. The summed E-state index contributed by atoms with van der Waals surface area (Å²) >= 11 is 12.9. The first kappa shape index (κ1) is 15.0. The summed E-state index contributed by atoms with van der Waals surface area (Å²) in [5.74, 6) is -0.0666. The molecule has 1 heterocycles. The van der Waals surface area contributed by atoms with Crippen molar-refractivity contribution in [1.29, 1.82) is 0 Å². The van der Waals surface area contributed by atoms with Gasteiger partial charge in [-0.15, -0.1) is 10.2 Å². The van der Waals surface area contributed by atoms with Crippen LogP contribution in [-0.4, -0.2) is 37.6 Å². The zero-order valence-electron chi connectivity index (χ0n) is 10.5. The van der Waals surface area contributed by atoms with E-state index in [1.54, 1.807) is 6.92 Å². The molecule has 0 saturated carbocycles. The molecule has 9 heteroatoms. The molecule has 0 aliphatic carbocycles. The van der Waals surface area contributed by atoms with Gasteiger partial charge >= 0.3 is 0 Å². The number of hydrogen-bond acceptors (Lipinski definition) is 6. The smallest absolute Gasteiger partial charge is 0.211 e. The van der Waals surface area contributed by atoms with Crippen molar-refractivity contribution in [2.24, 2.45) is 5.10 Å². The Bertz CT molecular complexity index is 688. The number of phenolic OH excluding ortho intramolecular Hbond substituents is 2. The van der Waals surface area contributed by atoms with Crippen LogP contribution in [0.15, 0.2) is 16.3 Å².